The van der Waals surface area contributed by atoms with Crippen LogP contribution in [0.3, 0.4) is 0 Å². The van der Waals surface area contributed by atoms with Crippen molar-refractivity contribution in [3.05, 3.63) is 70.6 Å². The summed E-state index contributed by atoms with van der Waals surface area (Å²) in [6, 6.07) is 14.1. The molecule has 2 N–H and O–H groups in total. The summed E-state index contributed by atoms with van der Waals surface area (Å²) < 4.78 is 16.2. The third-order valence-electron chi connectivity index (χ3n) is 7.22. The van der Waals surface area contributed by atoms with E-state index >= 15 is 0 Å². The third-order valence-corrected chi connectivity index (χ3v) is 7.22. The highest BCUT2D eigenvalue weighted by molar-refractivity contribution is 5.89. The highest BCUT2D eigenvalue weighted by Gasteiger charge is 2.32. The van der Waals surface area contributed by atoms with Crippen molar-refractivity contribution in [1.82, 2.24) is 0 Å². The first kappa shape index (κ1) is 25.3. The largest absolute Gasteiger partial charge is 0.465 e. The van der Waals surface area contributed by atoms with E-state index in [9.17, 15) is 14.9 Å². The van der Waals surface area contributed by atoms with Gasteiger partial charge in [0, 0.05) is 11.6 Å². The summed E-state index contributed by atoms with van der Waals surface area (Å²) >= 11 is 0. The van der Waals surface area contributed by atoms with Crippen LogP contribution in [0.4, 0.5) is 0 Å². The number of ether oxygens (including phenoxy) is 3. The molecule has 0 aromatic heterocycles. The normalized spacial score (nSPS) is 21.1. The molecule has 2 aromatic rings. The fourth-order valence-electron chi connectivity index (χ4n) is 5.15. The molecule has 2 aromatic carbocycles. The summed E-state index contributed by atoms with van der Waals surface area (Å²) in [4.78, 5) is 24.6. The smallest absolute Gasteiger partial charge is 0.337 e. The Balaban J connectivity index is 1.51. The molecule has 1 unspecified atom stereocenters. The Kier molecular flexibility index (Phi) is 7.94. The maximum absolute atomic E-state index is 12.8. The van der Waals surface area contributed by atoms with Crippen molar-refractivity contribution in [3.63, 3.8) is 0 Å². The molecular formula is C29H32N2O5. The van der Waals surface area contributed by atoms with Crippen LogP contribution in [0.5, 0.6) is 11.5 Å². The van der Waals surface area contributed by atoms with Gasteiger partial charge in [-0.3, -0.25) is 4.79 Å². The molecule has 1 fully saturated rings. The minimum absolute atomic E-state index is 0.000854. The standard InChI is InChI=1S/C29H32N2O5/c1-3-4-5-18-6-8-21(9-7-18)29(33)35-22-14-15-23-25(16-22)36-27(31)24(17-30)26(23)19-10-12-20(13-11-19)28(32)34-2/h10-16,18,21,26H,3-9,31H2,1-2H3. The molecule has 1 aliphatic carbocycles. The Labute approximate surface area is 211 Å². The maximum atomic E-state index is 12.8. The summed E-state index contributed by atoms with van der Waals surface area (Å²) in [5.41, 5.74) is 8.28. The maximum Gasteiger partial charge on any atom is 0.337 e. The van der Waals surface area contributed by atoms with Crippen molar-refractivity contribution in [2.75, 3.05) is 7.11 Å². The van der Waals surface area contributed by atoms with Gasteiger partial charge in [-0.25, -0.2) is 4.79 Å². The van der Waals surface area contributed by atoms with Gasteiger partial charge in [-0.05, 0) is 55.4 Å². The van der Waals surface area contributed by atoms with Crippen LogP contribution in [0.2, 0.25) is 0 Å². The number of rotatable bonds is 7. The van der Waals surface area contributed by atoms with Gasteiger partial charge in [0.1, 0.15) is 23.1 Å². The van der Waals surface area contributed by atoms with Gasteiger partial charge in [-0.2, -0.15) is 5.26 Å². The van der Waals surface area contributed by atoms with Crippen LogP contribution in [0.1, 0.15) is 79.3 Å². The summed E-state index contributed by atoms with van der Waals surface area (Å²) in [7, 11) is 1.32. The molecular weight excluding hydrogens is 456 g/mol. The number of carbonyl (C=O) groups excluding carboxylic acids is 2. The zero-order valence-corrected chi connectivity index (χ0v) is 20.8. The molecule has 2 aliphatic rings. The van der Waals surface area contributed by atoms with Gasteiger partial charge < -0.3 is 19.9 Å². The van der Waals surface area contributed by atoms with Gasteiger partial charge in [0.05, 0.1) is 24.5 Å². The molecule has 7 nitrogen and oxygen atoms in total. The minimum Gasteiger partial charge on any atom is -0.465 e. The average molecular weight is 489 g/mol. The van der Waals surface area contributed by atoms with Crippen LogP contribution in [-0.4, -0.2) is 19.0 Å². The monoisotopic (exact) mass is 488 g/mol. The van der Waals surface area contributed by atoms with E-state index in [0.717, 1.165) is 36.8 Å². The SMILES string of the molecule is CCCCC1CCC(C(=O)Oc2ccc3c(c2)OC(N)=C(C#N)C3c2ccc(C(=O)OC)cc2)CC1. The topological polar surface area (TPSA) is 112 Å². The van der Waals surface area contributed by atoms with Gasteiger partial charge in [0.2, 0.25) is 5.88 Å². The number of methoxy groups -OCH3 is 1. The molecule has 1 atom stereocenters. The first-order chi connectivity index (χ1) is 17.4. The van der Waals surface area contributed by atoms with Crippen LogP contribution >= 0.6 is 0 Å². The molecule has 7 heteroatoms. The van der Waals surface area contributed by atoms with Gasteiger partial charge in [-0.1, -0.05) is 44.4 Å². The van der Waals surface area contributed by atoms with Crippen LogP contribution in [-0.2, 0) is 9.53 Å². The molecule has 1 aliphatic heterocycles. The summed E-state index contributed by atoms with van der Waals surface area (Å²) in [6.07, 6.45) is 7.56. The van der Waals surface area contributed by atoms with Gasteiger partial charge >= 0.3 is 11.9 Å². The lowest BCUT2D eigenvalue weighted by molar-refractivity contribution is -0.140. The number of benzene rings is 2. The highest BCUT2D eigenvalue weighted by Crippen LogP contribution is 2.43. The zero-order chi connectivity index (χ0) is 25.7. The number of nitrogens with two attached hydrogens (primary N) is 1. The van der Waals surface area contributed by atoms with Crippen LogP contribution in [0, 0.1) is 23.2 Å². The predicted molar refractivity (Wildman–Crippen MR) is 134 cm³/mol. The number of fused-ring (bicyclic) bond motifs is 1. The third kappa shape index (κ3) is 5.38. The van der Waals surface area contributed by atoms with Crippen LogP contribution in [0.25, 0.3) is 0 Å². The molecule has 0 spiro atoms. The average Bonchev–Trinajstić information content (AvgIpc) is 2.91. The number of unbranched alkanes of at least 4 members (excludes halogenated alkanes) is 1. The molecule has 0 amide bonds. The highest BCUT2D eigenvalue weighted by atomic mass is 16.5. The van der Waals surface area contributed by atoms with E-state index in [1.54, 1.807) is 42.5 Å². The molecule has 0 saturated heterocycles. The molecule has 36 heavy (non-hydrogen) atoms. The number of nitrogens with zero attached hydrogens (tertiary/aromatic N) is 1. The molecule has 1 saturated carbocycles. The lowest BCUT2D eigenvalue weighted by Crippen LogP contribution is -2.26. The number of carbonyl (C=O) groups is 2. The Bertz CT molecular complexity index is 1190. The fourth-order valence-corrected chi connectivity index (χ4v) is 5.15. The second-order valence-corrected chi connectivity index (χ2v) is 9.52. The minimum atomic E-state index is -0.478. The first-order valence-corrected chi connectivity index (χ1v) is 12.6. The second kappa shape index (κ2) is 11.3. The number of allylic oxidation sites excluding steroid dienone is 1. The van der Waals surface area contributed by atoms with Crippen LogP contribution in [0.15, 0.2) is 53.9 Å². The number of esters is 2. The van der Waals surface area contributed by atoms with Crippen molar-refractivity contribution in [2.24, 2.45) is 17.6 Å². The Morgan fingerprint density at radius 1 is 1.11 bits per heavy atom. The van der Waals surface area contributed by atoms with Gasteiger partial charge in [-0.15, -0.1) is 0 Å². The molecule has 0 bridgehead atoms. The quantitative estimate of drug-likeness (QED) is 0.399. The van der Waals surface area contributed by atoms with E-state index in [1.807, 2.05) is 0 Å². The van der Waals surface area contributed by atoms with Crippen molar-refractivity contribution < 1.29 is 23.8 Å². The zero-order valence-electron chi connectivity index (χ0n) is 20.8. The molecule has 0 radical (unpaired) electrons. The second-order valence-electron chi connectivity index (χ2n) is 9.52. The van der Waals surface area contributed by atoms with E-state index in [1.165, 1.54) is 26.4 Å². The number of hydrogen-bond acceptors (Lipinski definition) is 7. The Morgan fingerprint density at radius 3 is 2.47 bits per heavy atom. The summed E-state index contributed by atoms with van der Waals surface area (Å²) in [5, 5.41) is 9.77. The molecule has 4 rings (SSSR count). The first-order valence-electron chi connectivity index (χ1n) is 12.6. The van der Waals surface area contributed by atoms with E-state index in [-0.39, 0.29) is 23.3 Å². The fraction of sp³-hybridized carbons (Fsp3) is 0.414. The van der Waals surface area contributed by atoms with E-state index < -0.39 is 11.9 Å². The Morgan fingerprint density at radius 2 is 1.83 bits per heavy atom. The predicted octanol–water partition coefficient (Wildman–Crippen LogP) is 5.59. The van der Waals surface area contributed by atoms with E-state index in [4.69, 9.17) is 19.9 Å². The number of nitriles is 1. The van der Waals surface area contributed by atoms with E-state index in [0.29, 0.717) is 23.0 Å². The molecule has 1 heterocycles. The van der Waals surface area contributed by atoms with Crippen molar-refractivity contribution in [1.29, 1.82) is 5.26 Å². The summed E-state index contributed by atoms with van der Waals surface area (Å²) in [6.45, 7) is 2.21. The van der Waals surface area contributed by atoms with Crippen molar-refractivity contribution in [3.8, 4) is 17.6 Å². The Hall–Kier alpha value is -3.79. The van der Waals surface area contributed by atoms with Gasteiger partial charge in [0.25, 0.3) is 0 Å². The van der Waals surface area contributed by atoms with E-state index in [2.05, 4.69) is 13.0 Å². The van der Waals surface area contributed by atoms with Crippen molar-refractivity contribution >= 4 is 11.9 Å². The molecule has 188 valence electrons. The summed E-state index contributed by atoms with van der Waals surface area (Å²) in [5.74, 6) is 0.322. The van der Waals surface area contributed by atoms with Crippen LogP contribution < -0.4 is 15.2 Å². The van der Waals surface area contributed by atoms with Crippen molar-refractivity contribution in [2.45, 2.75) is 57.8 Å². The van der Waals surface area contributed by atoms with Gasteiger partial charge in [0.15, 0.2) is 0 Å². The lowest BCUT2D eigenvalue weighted by atomic mass is 9.80. The lowest BCUT2D eigenvalue weighted by Gasteiger charge is -2.28. The number of hydrogen-bond donors (Lipinski definition) is 1.